The number of amides is 1. The van der Waals surface area contributed by atoms with Crippen LogP contribution in [0.25, 0.3) is 0 Å². The third kappa shape index (κ3) is 3.55. The van der Waals surface area contributed by atoms with Crippen molar-refractivity contribution >= 4 is 34.0 Å². The van der Waals surface area contributed by atoms with Crippen LogP contribution < -0.4 is 5.32 Å². The predicted molar refractivity (Wildman–Crippen MR) is 75.3 cm³/mol. The second kappa shape index (κ2) is 5.98. The quantitative estimate of drug-likeness (QED) is 0.873. The molecular weight excluding hydrogens is 268 g/mol. The lowest BCUT2D eigenvalue weighted by Gasteiger charge is -2.01. The van der Waals surface area contributed by atoms with Crippen LogP contribution in [0.3, 0.4) is 0 Å². The Balaban J connectivity index is 2.00. The van der Waals surface area contributed by atoms with Crippen molar-refractivity contribution in [3.8, 4) is 0 Å². The highest BCUT2D eigenvalue weighted by Crippen LogP contribution is 2.21. The zero-order chi connectivity index (χ0) is 13.0. The van der Waals surface area contributed by atoms with E-state index < -0.39 is 5.38 Å². The molecule has 1 N–H and O–H groups in total. The maximum atomic E-state index is 11.4. The first kappa shape index (κ1) is 13.1. The van der Waals surface area contributed by atoms with Gasteiger partial charge in [-0.05, 0) is 12.5 Å². The molecule has 0 saturated heterocycles. The number of carbonyl (C=O) groups is 1. The van der Waals surface area contributed by atoms with Crippen LogP contribution in [0.2, 0.25) is 0 Å². The van der Waals surface area contributed by atoms with Gasteiger partial charge in [0.15, 0.2) is 5.13 Å². The van der Waals surface area contributed by atoms with E-state index in [1.54, 1.807) is 13.1 Å². The van der Waals surface area contributed by atoms with Crippen molar-refractivity contribution in [2.24, 2.45) is 0 Å². The molecular formula is C13H13ClN2OS. The van der Waals surface area contributed by atoms with Crippen molar-refractivity contribution in [2.45, 2.75) is 18.7 Å². The second-order valence-corrected chi connectivity index (χ2v) is 5.67. The first-order valence-electron chi connectivity index (χ1n) is 5.58. The van der Waals surface area contributed by atoms with Crippen LogP contribution in [-0.2, 0) is 11.2 Å². The lowest BCUT2D eigenvalue weighted by Crippen LogP contribution is -2.19. The van der Waals surface area contributed by atoms with Crippen molar-refractivity contribution in [3.05, 3.63) is 47.0 Å². The average Bonchev–Trinajstić information content (AvgIpc) is 2.77. The van der Waals surface area contributed by atoms with Crippen molar-refractivity contribution in [3.63, 3.8) is 0 Å². The van der Waals surface area contributed by atoms with Crippen LogP contribution in [0.5, 0.6) is 0 Å². The molecule has 94 valence electrons. The molecule has 0 bridgehead atoms. The van der Waals surface area contributed by atoms with Gasteiger partial charge in [0.1, 0.15) is 5.38 Å². The molecule has 0 aliphatic rings. The summed E-state index contributed by atoms with van der Waals surface area (Å²) in [6.45, 7) is 1.63. The van der Waals surface area contributed by atoms with Crippen molar-refractivity contribution in [1.82, 2.24) is 4.98 Å². The molecule has 0 fully saturated rings. The lowest BCUT2D eigenvalue weighted by atomic mass is 10.1. The first-order valence-corrected chi connectivity index (χ1v) is 6.84. The Bertz CT molecular complexity index is 525. The minimum Gasteiger partial charge on any atom is -0.301 e. The number of anilines is 1. The summed E-state index contributed by atoms with van der Waals surface area (Å²) in [4.78, 5) is 16.7. The molecule has 1 aromatic heterocycles. The molecule has 5 heteroatoms. The number of aromatic nitrogens is 1. The molecule has 1 atom stereocenters. The molecule has 1 aromatic carbocycles. The van der Waals surface area contributed by atoms with Crippen LogP contribution in [0.4, 0.5) is 5.13 Å². The van der Waals surface area contributed by atoms with E-state index in [-0.39, 0.29) is 5.91 Å². The molecule has 3 nitrogen and oxygen atoms in total. The van der Waals surface area contributed by atoms with Gasteiger partial charge in [0.25, 0.3) is 0 Å². The standard InChI is InChI=1S/C13H13ClN2OS/c1-9(14)12(17)16-13-15-8-11(18-13)7-10-5-3-2-4-6-10/h2-6,8-9H,7H2,1H3,(H,15,16,17)/t9-/m0/s1. The fourth-order valence-corrected chi connectivity index (χ4v) is 2.35. The molecule has 0 aliphatic carbocycles. The third-order valence-electron chi connectivity index (χ3n) is 2.37. The molecule has 2 aromatic rings. The molecule has 2 rings (SSSR count). The van der Waals surface area contributed by atoms with E-state index in [4.69, 9.17) is 11.6 Å². The Morgan fingerprint density at radius 3 is 2.83 bits per heavy atom. The van der Waals surface area contributed by atoms with Crippen molar-refractivity contribution in [1.29, 1.82) is 0 Å². The molecule has 1 amide bonds. The van der Waals surface area contributed by atoms with Gasteiger partial charge in [-0.1, -0.05) is 30.3 Å². The van der Waals surface area contributed by atoms with Gasteiger partial charge >= 0.3 is 0 Å². The lowest BCUT2D eigenvalue weighted by molar-refractivity contribution is -0.115. The van der Waals surface area contributed by atoms with Gasteiger partial charge in [0.05, 0.1) is 0 Å². The first-order chi connectivity index (χ1) is 8.65. The Hall–Kier alpha value is -1.39. The average molecular weight is 281 g/mol. The zero-order valence-electron chi connectivity index (χ0n) is 9.89. The van der Waals surface area contributed by atoms with Crippen LogP contribution in [0, 0.1) is 0 Å². The number of hydrogen-bond acceptors (Lipinski definition) is 3. The van der Waals surface area contributed by atoms with E-state index in [1.165, 1.54) is 16.9 Å². The fraction of sp³-hybridized carbons (Fsp3) is 0.231. The Morgan fingerprint density at radius 1 is 1.44 bits per heavy atom. The summed E-state index contributed by atoms with van der Waals surface area (Å²) in [6, 6.07) is 10.1. The minimum atomic E-state index is -0.550. The number of nitrogens with one attached hydrogen (secondary N) is 1. The highest BCUT2D eigenvalue weighted by molar-refractivity contribution is 7.15. The number of benzene rings is 1. The van der Waals surface area contributed by atoms with E-state index in [0.29, 0.717) is 5.13 Å². The number of halogens is 1. The maximum absolute atomic E-state index is 11.4. The summed E-state index contributed by atoms with van der Waals surface area (Å²) in [5, 5.41) is 2.73. The predicted octanol–water partition coefficient (Wildman–Crippen LogP) is 3.30. The summed E-state index contributed by atoms with van der Waals surface area (Å²) in [6.07, 6.45) is 2.61. The van der Waals surface area contributed by atoms with E-state index in [2.05, 4.69) is 22.4 Å². The Labute approximate surface area is 115 Å². The van der Waals surface area contributed by atoms with Gasteiger partial charge in [-0.3, -0.25) is 4.79 Å². The maximum Gasteiger partial charge on any atom is 0.243 e. The molecule has 0 spiro atoms. The van der Waals surface area contributed by atoms with Crippen molar-refractivity contribution < 1.29 is 4.79 Å². The Kier molecular flexibility index (Phi) is 4.33. The summed E-state index contributed by atoms with van der Waals surface area (Å²) in [5.41, 5.74) is 1.23. The van der Waals surface area contributed by atoms with Crippen LogP contribution in [-0.4, -0.2) is 16.3 Å². The molecule has 0 radical (unpaired) electrons. The van der Waals surface area contributed by atoms with Crippen LogP contribution >= 0.6 is 22.9 Å². The number of rotatable bonds is 4. The van der Waals surface area contributed by atoms with Crippen LogP contribution in [0.1, 0.15) is 17.4 Å². The highest BCUT2D eigenvalue weighted by Gasteiger charge is 2.11. The van der Waals surface area contributed by atoms with Gasteiger partial charge in [-0.15, -0.1) is 22.9 Å². The SMILES string of the molecule is C[C@H](Cl)C(=O)Nc1ncc(Cc2ccccc2)s1. The summed E-state index contributed by atoms with van der Waals surface area (Å²) < 4.78 is 0. The third-order valence-corrected chi connectivity index (χ3v) is 3.48. The molecule has 0 aliphatic heterocycles. The van der Waals surface area contributed by atoms with Gasteiger partial charge in [-0.2, -0.15) is 0 Å². The summed E-state index contributed by atoms with van der Waals surface area (Å²) in [7, 11) is 0. The topological polar surface area (TPSA) is 42.0 Å². The minimum absolute atomic E-state index is 0.225. The monoisotopic (exact) mass is 280 g/mol. The van der Waals surface area contributed by atoms with E-state index >= 15 is 0 Å². The van der Waals surface area contributed by atoms with E-state index in [1.807, 2.05) is 18.2 Å². The number of alkyl halides is 1. The second-order valence-electron chi connectivity index (χ2n) is 3.90. The van der Waals surface area contributed by atoms with Gasteiger partial charge in [0.2, 0.25) is 5.91 Å². The zero-order valence-corrected chi connectivity index (χ0v) is 11.5. The number of thiazole rings is 1. The number of nitrogens with zero attached hydrogens (tertiary/aromatic N) is 1. The molecule has 0 unspecified atom stereocenters. The molecule has 0 saturated carbocycles. The normalized spacial score (nSPS) is 12.1. The molecule has 1 heterocycles. The Morgan fingerprint density at radius 2 is 2.17 bits per heavy atom. The van der Waals surface area contributed by atoms with E-state index in [9.17, 15) is 4.79 Å². The summed E-state index contributed by atoms with van der Waals surface area (Å²) in [5.74, 6) is -0.225. The molecule has 18 heavy (non-hydrogen) atoms. The number of hydrogen-bond donors (Lipinski definition) is 1. The van der Waals surface area contributed by atoms with E-state index in [0.717, 1.165) is 11.3 Å². The highest BCUT2D eigenvalue weighted by atomic mass is 35.5. The summed E-state index contributed by atoms with van der Waals surface area (Å²) >= 11 is 7.15. The van der Waals surface area contributed by atoms with Gasteiger partial charge < -0.3 is 5.32 Å². The van der Waals surface area contributed by atoms with Crippen molar-refractivity contribution in [2.75, 3.05) is 5.32 Å². The van der Waals surface area contributed by atoms with Crippen LogP contribution in [0.15, 0.2) is 36.5 Å². The largest absolute Gasteiger partial charge is 0.301 e. The number of carbonyl (C=O) groups excluding carboxylic acids is 1. The van der Waals surface area contributed by atoms with Gasteiger partial charge in [-0.25, -0.2) is 4.98 Å². The fourth-order valence-electron chi connectivity index (χ4n) is 1.45. The smallest absolute Gasteiger partial charge is 0.243 e. The van der Waals surface area contributed by atoms with Gasteiger partial charge in [0, 0.05) is 17.5 Å².